The maximum absolute atomic E-state index is 12.1. The largest absolute Gasteiger partial charge is 0.333 e. The third-order valence-electron chi connectivity index (χ3n) is 4.63. The number of amides is 3. The lowest BCUT2D eigenvalue weighted by atomic mass is 10.2. The highest BCUT2D eigenvalue weighted by Crippen LogP contribution is 2.35. The van der Waals surface area contributed by atoms with Gasteiger partial charge in [-0.25, -0.2) is 9.78 Å². The Morgan fingerprint density at radius 2 is 2.12 bits per heavy atom. The van der Waals surface area contributed by atoms with Gasteiger partial charge < -0.3 is 9.88 Å². The summed E-state index contributed by atoms with van der Waals surface area (Å²) in [6.45, 7) is 4.51. The number of thiophene rings is 1. The molecule has 0 atom stereocenters. The maximum Gasteiger partial charge on any atom is 0.321 e. The second-order valence-electron chi connectivity index (χ2n) is 6.47. The molecule has 26 heavy (non-hydrogen) atoms. The molecule has 8 heteroatoms. The van der Waals surface area contributed by atoms with Crippen LogP contribution in [-0.4, -0.2) is 27.2 Å². The summed E-state index contributed by atoms with van der Waals surface area (Å²) in [5.74, 6) is -0.135. The lowest BCUT2D eigenvalue weighted by Gasteiger charge is -2.16. The van der Waals surface area contributed by atoms with Gasteiger partial charge in [-0.05, 0) is 38.1 Å². The molecule has 2 aromatic rings. The predicted molar refractivity (Wildman–Crippen MR) is 105 cm³/mol. The second-order valence-corrected chi connectivity index (χ2v) is 8.45. The molecular formula is C18H24N4O2S2. The highest BCUT2D eigenvalue weighted by molar-refractivity contribution is 7.99. The van der Waals surface area contributed by atoms with Crippen LogP contribution in [-0.2, 0) is 11.3 Å². The first kappa shape index (κ1) is 19.0. The first-order valence-electron chi connectivity index (χ1n) is 8.83. The Morgan fingerprint density at radius 3 is 2.81 bits per heavy atom. The fourth-order valence-electron chi connectivity index (χ4n) is 3.21. The lowest BCUT2D eigenvalue weighted by molar-refractivity contribution is -0.117. The van der Waals surface area contributed by atoms with E-state index in [0.717, 1.165) is 15.7 Å². The Morgan fingerprint density at radius 1 is 1.35 bits per heavy atom. The van der Waals surface area contributed by atoms with E-state index in [9.17, 15) is 9.59 Å². The standard InChI is InChI=1S/C18H24N4O2S2/c1-12-13(2)22(14-6-3-4-7-14)18(20-12)26-11-16(23)21-17(24)19-10-15-8-5-9-25-15/h5,8-9,14H,3-4,6-7,10-11H2,1-2H3,(H2,19,21,23,24). The van der Waals surface area contributed by atoms with Crippen LogP contribution < -0.4 is 10.6 Å². The molecule has 0 aromatic carbocycles. The van der Waals surface area contributed by atoms with Gasteiger partial charge in [0.1, 0.15) is 0 Å². The molecule has 6 nitrogen and oxygen atoms in total. The van der Waals surface area contributed by atoms with E-state index >= 15 is 0 Å². The van der Waals surface area contributed by atoms with Crippen LogP contribution in [0.4, 0.5) is 4.79 Å². The first-order chi connectivity index (χ1) is 12.5. The van der Waals surface area contributed by atoms with Gasteiger partial charge in [0, 0.05) is 16.6 Å². The van der Waals surface area contributed by atoms with Crippen molar-refractivity contribution in [3.8, 4) is 0 Å². The number of aromatic nitrogens is 2. The summed E-state index contributed by atoms with van der Waals surface area (Å²) in [6.07, 6.45) is 4.83. The fourth-order valence-corrected chi connectivity index (χ4v) is 4.81. The number of nitrogens with one attached hydrogen (secondary N) is 2. The minimum atomic E-state index is -0.463. The molecule has 3 rings (SSSR count). The predicted octanol–water partition coefficient (Wildman–Crippen LogP) is 3.79. The van der Waals surface area contributed by atoms with Gasteiger partial charge in [-0.1, -0.05) is 30.7 Å². The molecule has 0 radical (unpaired) electrons. The second kappa shape index (κ2) is 8.73. The van der Waals surface area contributed by atoms with Crippen molar-refractivity contribution in [3.63, 3.8) is 0 Å². The Balaban J connectivity index is 1.51. The Kier molecular flexibility index (Phi) is 6.37. The van der Waals surface area contributed by atoms with Crippen LogP contribution in [0, 0.1) is 13.8 Å². The van der Waals surface area contributed by atoms with Crippen molar-refractivity contribution in [2.24, 2.45) is 0 Å². The molecule has 0 unspecified atom stereocenters. The van der Waals surface area contributed by atoms with Crippen molar-refractivity contribution < 1.29 is 9.59 Å². The summed E-state index contributed by atoms with van der Waals surface area (Å²) in [7, 11) is 0. The normalized spacial score (nSPS) is 14.5. The Hall–Kier alpha value is -1.80. The molecule has 1 aliphatic carbocycles. The molecule has 0 spiro atoms. The van der Waals surface area contributed by atoms with Crippen LogP contribution in [0.25, 0.3) is 0 Å². The fraction of sp³-hybridized carbons (Fsp3) is 0.500. The van der Waals surface area contributed by atoms with Crippen LogP contribution >= 0.6 is 23.1 Å². The molecule has 1 fully saturated rings. The van der Waals surface area contributed by atoms with Crippen molar-refractivity contribution in [1.29, 1.82) is 0 Å². The van der Waals surface area contributed by atoms with E-state index in [-0.39, 0.29) is 11.7 Å². The minimum Gasteiger partial charge on any atom is -0.333 e. The number of hydrogen-bond donors (Lipinski definition) is 2. The summed E-state index contributed by atoms with van der Waals surface area (Å²) in [4.78, 5) is 29.6. The summed E-state index contributed by atoms with van der Waals surface area (Å²) in [6, 6.07) is 3.89. The van der Waals surface area contributed by atoms with E-state index in [1.54, 1.807) is 11.3 Å². The number of urea groups is 1. The van der Waals surface area contributed by atoms with Gasteiger partial charge in [-0.2, -0.15) is 0 Å². The van der Waals surface area contributed by atoms with Gasteiger partial charge in [0.05, 0.1) is 18.0 Å². The average Bonchev–Trinajstić information content (AvgIpc) is 3.34. The van der Waals surface area contributed by atoms with E-state index in [4.69, 9.17) is 0 Å². The van der Waals surface area contributed by atoms with Crippen molar-refractivity contribution in [2.75, 3.05) is 5.75 Å². The summed E-state index contributed by atoms with van der Waals surface area (Å²) in [5, 5.41) is 7.90. The molecule has 2 aromatic heterocycles. The zero-order chi connectivity index (χ0) is 18.5. The van der Waals surface area contributed by atoms with Gasteiger partial charge in [0.2, 0.25) is 5.91 Å². The molecule has 1 aliphatic rings. The zero-order valence-electron chi connectivity index (χ0n) is 15.1. The van der Waals surface area contributed by atoms with Gasteiger partial charge in [-0.15, -0.1) is 11.3 Å². The van der Waals surface area contributed by atoms with Crippen LogP contribution in [0.15, 0.2) is 22.7 Å². The average molecular weight is 393 g/mol. The smallest absolute Gasteiger partial charge is 0.321 e. The van der Waals surface area contributed by atoms with Crippen LogP contribution in [0.1, 0.15) is 48.0 Å². The number of nitrogens with zero attached hydrogens (tertiary/aromatic N) is 2. The van der Waals surface area contributed by atoms with Crippen molar-refractivity contribution >= 4 is 35.0 Å². The number of hydrogen-bond acceptors (Lipinski definition) is 5. The number of carbonyl (C=O) groups excluding carboxylic acids is 2. The van der Waals surface area contributed by atoms with Crippen molar-refractivity contribution in [1.82, 2.24) is 20.2 Å². The quantitative estimate of drug-likeness (QED) is 0.733. The van der Waals surface area contributed by atoms with Crippen molar-refractivity contribution in [2.45, 2.75) is 57.3 Å². The molecule has 1 saturated carbocycles. The van der Waals surface area contributed by atoms with Crippen molar-refractivity contribution in [3.05, 3.63) is 33.8 Å². The van der Waals surface area contributed by atoms with Gasteiger partial charge >= 0.3 is 6.03 Å². The first-order valence-corrected chi connectivity index (χ1v) is 10.7. The molecule has 3 amide bonds. The molecule has 0 bridgehead atoms. The number of imidazole rings is 1. The summed E-state index contributed by atoms with van der Waals surface area (Å²) in [5.41, 5.74) is 2.18. The zero-order valence-corrected chi connectivity index (χ0v) is 16.7. The van der Waals surface area contributed by atoms with Gasteiger partial charge in [0.15, 0.2) is 5.16 Å². The van der Waals surface area contributed by atoms with Crippen LogP contribution in [0.5, 0.6) is 0 Å². The molecule has 2 N–H and O–H groups in total. The number of aryl methyl sites for hydroxylation is 1. The monoisotopic (exact) mass is 392 g/mol. The van der Waals surface area contributed by atoms with E-state index in [1.165, 1.54) is 43.1 Å². The molecular weight excluding hydrogens is 368 g/mol. The van der Waals surface area contributed by atoms with E-state index in [2.05, 4.69) is 27.1 Å². The maximum atomic E-state index is 12.1. The number of thioether (sulfide) groups is 1. The molecule has 2 heterocycles. The molecule has 140 valence electrons. The third-order valence-corrected chi connectivity index (χ3v) is 6.46. The summed E-state index contributed by atoms with van der Waals surface area (Å²) >= 11 is 2.96. The number of carbonyl (C=O) groups is 2. The van der Waals surface area contributed by atoms with Crippen LogP contribution in [0.3, 0.4) is 0 Å². The third kappa shape index (κ3) is 4.67. The topological polar surface area (TPSA) is 76.0 Å². The van der Waals surface area contributed by atoms with E-state index < -0.39 is 6.03 Å². The number of rotatable bonds is 6. The highest BCUT2D eigenvalue weighted by atomic mass is 32.2. The molecule has 0 saturated heterocycles. The Bertz CT molecular complexity index is 765. The van der Waals surface area contributed by atoms with E-state index in [1.807, 2.05) is 24.4 Å². The lowest BCUT2D eigenvalue weighted by Crippen LogP contribution is -2.39. The highest BCUT2D eigenvalue weighted by Gasteiger charge is 2.23. The minimum absolute atomic E-state index is 0.176. The van der Waals surface area contributed by atoms with Gasteiger partial charge in [0.25, 0.3) is 0 Å². The van der Waals surface area contributed by atoms with Gasteiger partial charge in [-0.3, -0.25) is 10.1 Å². The van der Waals surface area contributed by atoms with E-state index in [0.29, 0.717) is 12.6 Å². The summed E-state index contributed by atoms with van der Waals surface area (Å²) < 4.78 is 2.27. The molecule has 0 aliphatic heterocycles. The SMILES string of the molecule is Cc1nc(SCC(=O)NC(=O)NCc2cccs2)n(C2CCCC2)c1C. The van der Waals surface area contributed by atoms with Crippen LogP contribution in [0.2, 0.25) is 0 Å². The Labute approximate surface area is 161 Å². The number of imide groups is 1.